The lowest BCUT2D eigenvalue weighted by atomic mass is 9.94. The molecule has 1 atom stereocenters. The standard InChI is InChI=1S/C15H21FN2OS/c1-15(19-2)6-3-7-18(10-15)9-12-8-11(14(17)20)4-5-13(12)16/h4-5,8H,3,6-7,9-10H2,1-2H3,(H2,17,20). The molecule has 0 spiro atoms. The predicted octanol–water partition coefficient (Wildman–Crippen LogP) is 2.46. The van der Waals surface area contributed by atoms with Crippen LogP contribution in [0.5, 0.6) is 0 Å². The van der Waals surface area contributed by atoms with Crippen molar-refractivity contribution in [3.63, 3.8) is 0 Å². The fourth-order valence-corrected chi connectivity index (χ4v) is 2.83. The second-order valence-electron chi connectivity index (χ2n) is 5.64. The summed E-state index contributed by atoms with van der Waals surface area (Å²) >= 11 is 4.95. The highest BCUT2D eigenvalue weighted by molar-refractivity contribution is 7.80. The van der Waals surface area contributed by atoms with E-state index < -0.39 is 0 Å². The molecule has 1 aliphatic heterocycles. The van der Waals surface area contributed by atoms with E-state index in [0.717, 1.165) is 25.9 Å². The van der Waals surface area contributed by atoms with Crippen LogP contribution in [0.1, 0.15) is 30.9 Å². The topological polar surface area (TPSA) is 38.5 Å². The van der Waals surface area contributed by atoms with Crippen molar-refractivity contribution in [1.82, 2.24) is 4.90 Å². The van der Waals surface area contributed by atoms with Crippen LogP contribution >= 0.6 is 12.2 Å². The van der Waals surface area contributed by atoms with Crippen molar-refractivity contribution in [2.24, 2.45) is 5.73 Å². The van der Waals surface area contributed by atoms with Gasteiger partial charge in [0.1, 0.15) is 10.8 Å². The molecule has 1 aromatic carbocycles. The smallest absolute Gasteiger partial charge is 0.127 e. The third-order valence-corrected chi connectivity index (χ3v) is 4.19. The van der Waals surface area contributed by atoms with E-state index in [1.807, 2.05) is 0 Å². The van der Waals surface area contributed by atoms with E-state index in [1.54, 1.807) is 19.2 Å². The lowest BCUT2D eigenvalue weighted by Gasteiger charge is -2.39. The van der Waals surface area contributed by atoms with Crippen molar-refractivity contribution < 1.29 is 9.13 Å². The first-order chi connectivity index (χ1) is 9.43. The number of hydrogen-bond donors (Lipinski definition) is 1. The number of thiocarbonyl (C=S) groups is 1. The lowest BCUT2D eigenvalue weighted by molar-refractivity contribution is -0.0528. The highest BCUT2D eigenvalue weighted by Crippen LogP contribution is 2.25. The van der Waals surface area contributed by atoms with Gasteiger partial charge in [-0.15, -0.1) is 0 Å². The maximum atomic E-state index is 13.9. The van der Waals surface area contributed by atoms with Crippen molar-refractivity contribution in [1.29, 1.82) is 0 Å². The van der Waals surface area contributed by atoms with E-state index in [4.69, 9.17) is 22.7 Å². The number of rotatable bonds is 4. The Morgan fingerprint density at radius 1 is 1.55 bits per heavy atom. The van der Waals surface area contributed by atoms with Gasteiger partial charge in [0.2, 0.25) is 0 Å². The molecule has 1 aromatic rings. The Morgan fingerprint density at radius 2 is 2.30 bits per heavy atom. The number of nitrogens with zero attached hydrogens (tertiary/aromatic N) is 1. The number of nitrogens with two attached hydrogens (primary N) is 1. The van der Waals surface area contributed by atoms with Crippen molar-refractivity contribution in [3.8, 4) is 0 Å². The molecule has 20 heavy (non-hydrogen) atoms. The summed E-state index contributed by atoms with van der Waals surface area (Å²) in [5.41, 5.74) is 6.81. The lowest BCUT2D eigenvalue weighted by Crippen LogP contribution is -2.46. The number of hydrogen-bond acceptors (Lipinski definition) is 3. The summed E-state index contributed by atoms with van der Waals surface area (Å²) in [6.45, 7) is 4.41. The molecule has 1 unspecified atom stereocenters. The molecular weight excluding hydrogens is 275 g/mol. The summed E-state index contributed by atoms with van der Waals surface area (Å²) in [6, 6.07) is 4.80. The zero-order valence-electron chi connectivity index (χ0n) is 12.0. The minimum absolute atomic E-state index is 0.143. The van der Waals surface area contributed by atoms with Crippen LogP contribution in [0.4, 0.5) is 4.39 Å². The number of piperidine rings is 1. The average Bonchev–Trinajstić information content (AvgIpc) is 2.41. The van der Waals surface area contributed by atoms with Gasteiger partial charge >= 0.3 is 0 Å². The molecule has 0 radical (unpaired) electrons. The minimum atomic E-state index is -0.213. The molecule has 0 aliphatic carbocycles. The molecule has 2 N–H and O–H groups in total. The van der Waals surface area contributed by atoms with Crippen molar-refractivity contribution >= 4 is 17.2 Å². The van der Waals surface area contributed by atoms with E-state index in [1.165, 1.54) is 6.07 Å². The van der Waals surface area contributed by atoms with Crippen molar-refractivity contribution in [2.75, 3.05) is 20.2 Å². The molecule has 1 aliphatic rings. The fourth-order valence-electron chi connectivity index (χ4n) is 2.70. The summed E-state index contributed by atoms with van der Waals surface area (Å²) < 4.78 is 19.5. The third-order valence-electron chi connectivity index (χ3n) is 3.96. The van der Waals surface area contributed by atoms with Crippen LogP contribution in [0.2, 0.25) is 0 Å². The van der Waals surface area contributed by atoms with Gasteiger partial charge in [-0.25, -0.2) is 4.39 Å². The number of ether oxygens (including phenoxy) is 1. The van der Waals surface area contributed by atoms with Crippen LogP contribution in [-0.4, -0.2) is 35.7 Å². The van der Waals surface area contributed by atoms with Crippen LogP contribution < -0.4 is 5.73 Å². The Morgan fingerprint density at radius 3 is 2.95 bits per heavy atom. The first-order valence-corrected chi connectivity index (χ1v) is 7.20. The van der Waals surface area contributed by atoms with Gasteiger partial charge in [0.15, 0.2) is 0 Å². The van der Waals surface area contributed by atoms with E-state index in [2.05, 4.69) is 11.8 Å². The maximum Gasteiger partial charge on any atom is 0.127 e. The normalized spacial score (nSPS) is 23.8. The molecule has 0 aromatic heterocycles. The van der Waals surface area contributed by atoms with Gasteiger partial charge in [0.25, 0.3) is 0 Å². The summed E-state index contributed by atoms with van der Waals surface area (Å²) in [4.78, 5) is 2.51. The molecule has 1 heterocycles. The number of halogens is 1. The highest BCUT2D eigenvalue weighted by Gasteiger charge is 2.30. The van der Waals surface area contributed by atoms with Crippen LogP contribution in [0.25, 0.3) is 0 Å². The number of methoxy groups -OCH3 is 1. The summed E-state index contributed by atoms with van der Waals surface area (Å²) in [6.07, 6.45) is 2.09. The fraction of sp³-hybridized carbons (Fsp3) is 0.533. The molecule has 2 rings (SSSR count). The molecule has 0 saturated carbocycles. The molecule has 1 saturated heterocycles. The van der Waals surface area contributed by atoms with Crippen molar-refractivity contribution in [2.45, 2.75) is 31.9 Å². The Labute approximate surface area is 124 Å². The van der Waals surface area contributed by atoms with Crippen LogP contribution in [0.3, 0.4) is 0 Å². The van der Waals surface area contributed by atoms with E-state index in [-0.39, 0.29) is 11.4 Å². The Balaban J connectivity index is 2.13. The first kappa shape index (κ1) is 15.4. The van der Waals surface area contributed by atoms with Gasteiger partial charge < -0.3 is 10.5 Å². The second-order valence-corrected chi connectivity index (χ2v) is 6.08. The largest absolute Gasteiger partial charge is 0.389 e. The molecule has 0 bridgehead atoms. The highest BCUT2D eigenvalue weighted by atomic mass is 32.1. The molecule has 3 nitrogen and oxygen atoms in total. The zero-order valence-corrected chi connectivity index (χ0v) is 12.8. The zero-order chi connectivity index (χ0) is 14.8. The van der Waals surface area contributed by atoms with Gasteiger partial charge in [-0.05, 0) is 44.5 Å². The molecule has 1 fully saturated rings. The summed E-state index contributed by atoms with van der Waals surface area (Å²) in [5, 5.41) is 0. The summed E-state index contributed by atoms with van der Waals surface area (Å²) in [7, 11) is 1.73. The van der Waals surface area contributed by atoms with Crippen LogP contribution in [0.15, 0.2) is 18.2 Å². The van der Waals surface area contributed by atoms with Gasteiger partial charge in [0.05, 0.1) is 5.60 Å². The number of likely N-dealkylation sites (tertiary alicyclic amines) is 1. The quantitative estimate of drug-likeness (QED) is 0.866. The first-order valence-electron chi connectivity index (χ1n) is 6.79. The van der Waals surface area contributed by atoms with E-state index >= 15 is 0 Å². The van der Waals surface area contributed by atoms with E-state index in [0.29, 0.717) is 22.7 Å². The number of benzene rings is 1. The van der Waals surface area contributed by atoms with Gasteiger partial charge in [-0.3, -0.25) is 4.90 Å². The predicted molar refractivity (Wildman–Crippen MR) is 82.2 cm³/mol. The molecule has 5 heteroatoms. The maximum absolute atomic E-state index is 13.9. The SMILES string of the molecule is COC1(C)CCCN(Cc2cc(C(N)=S)ccc2F)C1. The van der Waals surface area contributed by atoms with Gasteiger partial charge in [-0.2, -0.15) is 0 Å². The Hall–Kier alpha value is -1.04. The van der Waals surface area contributed by atoms with Crippen LogP contribution in [0, 0.1) is 5.82 Å². The van der Waals surface area contributed by atoms with Crippen molar-refractivity contribution in [3.05, 3.63) is 35.1 Å². The molecule has 0 amide bonds. The summed E-state index contributed by atoms with van der Waals surface area (Å²) in [5.74, 6) is -0.213. The Kier molecular flexibility index (Phi) is 4.73. The Bertz CT molecular complexity index is 509. The van der Waals surface area contributed by atoms with Gasteiger partial charge in [-0.1, -0.05) is 12.2 Å². The average molecular weight is 296 g/mol. The van der Waals surface area contributed by atoms with Gasteiger partial charge in [0, 0.05) is 31.3 Å². The molecular formula is C15H21FN2OS. The minimum Gasteiger partial charge on any atom is -0.389 e. The molecule has 110 valence electrons. The van der Waals surface area contributed by atoms with E-state index in [9.17, 15) is 4.39 Å². The monoisotopic (exact) mass is 296 g/mol. The second kappa shape index (κ2) is 6.16. The third kappa shape index (κ3) is 3.53. The van der Waals surface area contributed by atoms with Crippen LogP contribution in [-0.2, 0) is 11.3 Å².